The molecule has 1 unspecified atom stereocenters. The molecule has 23 heavy (non-hydrogen) atoms. The fourth-order valence-corrected chi connectivity index (χ4v) is 2.61. The molecule has 9 heteroatoms. The average molecular weight is 322 g/mol. The van der Waals surface area contributed by atoms with Crippen LogP contribution in [0.1, 0.15) is 17.3 Å². The topological polar surface area (TPSA) is 106 Å². The third-order valence-electron chi connectivity index (χ3n) is 3.83. The molecule has 0 radical (unpaired) electrons. The van der Waals surface area contributed by atoms with Crippen molar-refractivity contribution in [1.29, 1.82) is 0 Å². The summed E-state index contributed by atoms with van der Waals surface area (Å²) in [5.41, 5.74) is 2.71. The summed E-state index contributed by atoms with van der Waals surface area (Å²) in [4.78, 5) is 23.1. The molecule has 1 atom stereocenters. The molecule has 2 heterocycles. The van der Waals surface area contributed by atoms with E-state index in [1.54, 1.807) is 0 Å². The highest BCUT2D eigenvalue weighted by Gasteiger charge is 2.28. The van der Waals surface area contributed by atoms with E-state index in [4.69, 9.17) is 9.47 Å². The Kier molecular flexibility index (Phi) is 4.30. The van der Waals surface area contributed by atoms with Gasteiger partial charge in [-0.05, 0) is 6.92 Å². The van der Waals surface area contributed by atoms with Crippen LogP contribution < -0.4 is 20.2 Å². The van der Waals surface area contributed by atoms with Crippen molar-refractivity contribution in [1.82, 2.24) is 15.8 Å². The van der Waals surface area contributed by atoms with Gasteiger partial charge < -0.3 is 14.8 Å². The Hall–Kier alpha value is -2.39. The predicted molar refractivity (Wildman–Crippen MR) is 80.6 cm³/mol. The van der Waals surface area contributed by atoms with Gasteiger partial charge in [0.25, 0.3) is 11.6 Å². The summed E-state index contributed by atoms with van der Waals surface area (Å²) in [5, 5.41) is 16.1. The molecule has 0 saturated carbocycles. The zero-order chi connectivity index (χ0) is 16.4. The number of ether oxygens (including phenoxy) is 2. The van der Waals surface area contributed by atoms with Crippen LogP contribution in [0.2, 0.25) is 0 Å². The van der Waals surface area contributed by atoms with Gasteiger partial charge in [-0.1, -0.05) is 0 Å². The number of nitro benzene ring substituents is 1. The molecule has 1 aromatic carbocycles. The lowest BCUT2D eigenvalue weighted by molar-refractivity contribution is -0.385. The third-order valence-corrected chi connectivity index (χ3v) is 3.83. The van der Waals surface area contributed by atoms with Gasteiger partial charge in [0.05, 0.1) is 16.6 Å². The molecule has 0 bridgehead atoms. The van der Waals surface area contributed by atoms with Crippen molar-refractivity contribution in [3.05, 3.63) is 27.8 Å². The van der Waals surface area contributed by atoms with E-state index in [9.17, 15) is 14.9 Å². The molecular weight excluding hydrogens is 304 g/mol. The molecule has 0 spiro atoms. The smallest absolute Gasteiger partial charge is 0.274 e. The quantitative estimate of drug-likeness (QED) is 0.609. The van der Waals surface area contributed by atoms with E-state index in [2.05, 4.69) is 10.7 Å². The van der Waals surface area contributed by atoms with E-state index >= 15 is 0 Å². The van der Waals surface area contributed by atoms with Crippen LogP contribution in [0.4, 0.5) is 5.69 Å². The van der Waals surface area contributed by atoms with Crippen LogP contribution >= 0.6 is 0 Å². The molecule has 1 aromatic rings. The number of non-ortho nitro benzene ring substituents is 1. The van der Waals surface area contributed by atoms with Crippen molar-refractivity contribution < 1.29 is 19.2 Å². The number of nitro groups is 1. The number of hydrogen-bond donors (Lipinski definition) is 2. The molecular formula is C14H18N4O5. The first kappa shape index (κ1) is 15.5. The first-order valence-electron chi connectivity index (χ1n) is 7.42. The van der Waals surface area contributed by atoms with Crippen LogP contribution in [-0.2, 0) is 0 Å². The summed E-state index contributed by atoms with van der Waals surface area (Å²) in [6.07, 6.45) is 0. The zero-order valence-corrected chi connectivity index (χ0v) is 12.7. The molecule has 2 aliphatic heterocycles. The fourth-order valence-electron chi connectivity index (χ4n) is 2.61. The minimum atomic E-state index is -0.553. The summed E-state index contributed by atoms with van der Waals surface area (Å²) >= 11 is 0. The molecule has 2 aliphatic rings. The molecule has 0 aromatic heterocycles. The Morgan fingerprint density at radius 1 is 1.43 bits per heavy atom. The average Bonchev–Trinajstić information content (AvgIpc) is 2.55. The second-order valence-electron chi connectivity index (χ2n) is 5.46. The van der Waals surface area contributed by atoms with Crippen molar-refractivity contribution in [2.75, 3.05) is 32.8 Å². The van der Waals surface area contributed by atoms with Crippen molar-refractivity contribution in [2.45, 2.75) is 13.0 Å². The molecule has 2 N–H and O–H groups in total. The molecule has 124 valence electrons. The van der Waals surface area contributed by atoms with Gasteiger partial charge in [0.1, 0.15) is 13.2 Å². The Balaban J connectivity index is 1.89. The highest BCUT2D eigenvalue weighted by molar-refractivity contribution is 5.98. The van der Waals surface area contributed by atoms with E-state index in [-0.39, 0.29) is 28.8 Å². The first-order valence-corrected chi connectivity index (χ1v) is 7.42. The van der Waals surface area contributed by atoms with E-state index in [1.165, 1.54) is 12.1 Å². The van der Waals surface area contributed by atoms with Crippen LogP contribution in [0.3, 0.4) is 0 Å². The standard InChI is InChI=1S/C14H18N4O5/c1-9-8-15-2-3-17(9)16-14(19)11-6-10(18(20)21)7-12-13(11)23-5-4-22-12/h6-7,9,15H,2-5,8H2,1H3,(H,16,19). The number of carbonyl (C=O) groups excluding carboxylic acids is 1. The number of rotatable bonds is 3. The lowest BCUT2D eigenvalue weighted by Gasteiger charge is -2.34. The van der Waals surface area contributed by atoms with Crippen LogP contribution in [0.25, 0.3) is 0 Å². The third kappa shape index (κ3) is 3.20. The van der Waals surface area contributed by atoms with Crippen LogP contribution in [0, 0.1) is 10.1 Å². The number of carbonyl (C=O) groups is 1. The molecule has 1 fully saturated rings. The summed E-state index contributed by atoms with van der Waals surface area (Å²) in [6, 6.07) is 2.62. The SMILES string of the molecule is CC1CNCCN1NC(=O)c1cc([N+](=O)[O-])cc2c1OCCO2. The lowest BCUT2D eigenvalue weighted by Crippen LogP contribution is -2.57. The van der Waals surface area contributed by atoms with Gasteiger partial charge in [0.2, 0.25) is 0 Å². The van der Waals surface area contributed by atoms with Crippen LogP contribution in [0.15, 0.2) is 12.1 Å². The number of fused-ring (bicyclic) bond motifs is 1. The predicted octanol–water partition coefficient (Wildman–Crippen LogP) is 0.305. The van der Waals surface area contributed by atoms with E-state index in [0.717, 1.165) is 13.1 Å². The second kappa shape index (κ2) is 6.39. The summed E-state index contributed by atoms with van der Waals surface area (Å²) in [6.45, 7) is 4.75. The highest BCUT2D eigenvalue weighted by atomic mass is 16.6. The van der Waals surface area contributed by atoms with Crippen LogP contribution in [0.5, 0.6) is 11.5 Å². The maximum atomic E-state index is 12.6. The number of benzene rings is 1. The minimum absolute atomic E-state index is 0.111. The maximum Gasteiger partial charge on any atom is 0.274 e. The molecule has 9 nitrogen and oxygen atoms in total. The van der Waals surface area contributed by atoms with Crippen LogP contribution in [-0.4, -0.2) is 54.7 Å². The maximum absolute atomic E-state index is 12.6. The summed E-state index contributed by atoms with van der Waals surface area (Å²) < 4.78 is 10.9. The number of piperazine rings is 1. The normalized spacial score (nSPS) is 20.8. The van der Waals surface area contributed by atoms with Gasteiger partial charge in [-0.2, -0.15) is 0 Å². The summed E-state index contributed by atoms with van der Waals surface area (Å²) in [5.74, 6) is 0.0373. The van der Waals surface area contributed by atoms with Crippen molar-refractivity contribution in [3.63, 3.8) is 0 Å². The molecule has 3 rings (SSSR count). The van der Waals surface area contributed by atoms with Gasteiger partial charge in [0.15, 0.2) is 11.5 Å². The summed E-state index contributed by atoms with van der Waals surface area (Å²) in [7, 11) is 0. The Labute approximate surface area is 132 Å². The Bertz CT molecular complexity index is 636. The Morgan fingerprint density at radius 3 is 2.96 bits per heavy atom. The Morgan fingerprint density at radius 2 is 2.22 bits per heavy atom. The van der Waals surface area contributed by atoms with Gasteiger partial charge in [-0.3, -0.25) is 20.3 Å². The number of hydrazine groups is 1. The largest absolute Gasteiger partial charge is 0.486 e. The number of nitrogens with one attached hydrogen (secondary N) is 2. The van der Waals surface area contributed by atoms with Crippen molar-refractivity contribution in [2.24, 2.45) is 0 Å². The van der Waals surface area contributed by atoms with E-state index in [0.29, 0.717) is 19.8 Å². The lowest BCUT2D eigenvalue weighted by atomic mass is 10.1. The molecule has 1 amide bonds. The number of nitrogens with zero attached hydrogens (tertiary/aromatic N) is 2. The van der Waals surface area contributed by atoms with Gasteiger partial charge in [0, 0.05) is 31.7 Å². The molecule has 0 aliphatic carbocycles. The van der Waals surface area contributed by atoms with Crippen molar-refractivity contribution in [3.8, 4) is 11.5 Å². The van der Waals surface area contributed by atoms with E-state index < -0.39 is 10.8 Å². The monoisotopic (exact) mass is 322 g/mol. The van der Waals surface area contributed by atoms with Gasteiger partial charge >= 0.3 is 0 Å². The van der Waals surface area contributed by atoms with Gasteiger partial charge in [-0.15, -0.1) is 0 Å². The van der Waals surface area contributed by atoms with E-state index in [1.807, 2.05) is 11.9 Å². The second-order valence-corrected chi connectivity index (χ2v) is 5.46. The fraction of sp³-hybridized carbons (Fsp3) is 0.500. The van der Waals surface area contributed by atoms with Crippen molar-refractivity contribution >= 4 is 11.6 Å². The highest BCUT2D eigenvalue weighted by Crippen LogP contribution is 2.37. The first-order chi connectivity index (χ1) is 11.1. The van der Waals surface area contributed by atoms with Gasteiger partial charge in [-0.25, -0.2) is 5.01 Å². The number of amides is 1. The number of hydrogen-bond acceptors (Lipinski definition) is 7. The minimum Gasteiger partial charge on any atom is -0.486 e. The zero-order valence-electron chi connectivity index (χ0n) is 12.7. The molecule has 1 saturated heterocycles.